The maximum absolute atomic E-state index is 13.9. The van der Waals surface area contributed by atoms with Crippen LogP contribution in [0.15, 0.2) is 78.9 Å². The number of fused-ring (bicyclic) bond motifs is 2. The zero-order chi connectivity index (χ0) is 23.1. The largest absolute Gasteiger partial charge is 0.465 e. The van der Waals surface area contributed by atoms with Gasteiger partial charge in [-0.1, -0.05) is 42.5 Å². The lowest BCUT2D eigenvalue weighted by molar-refractivity contribution is 0.0600. The molecular formula is C26H16F2N2O3. The third-order valence-electron chi connectivity index (χ3n) is 5.48. The van der Waals surface area contributed by atoms with Crippen LogP contribution in [0.5, 0.6) is 0 Å². The Morgan fingerprint density at radius 1 is 0.848 bits per heavy atom. The van der Waals surface area contributed by atoms with Gasteiger partial charge in [-0.2, -0.15) is 0 Å². The van der Waals surface area contributed by atoms with Gasteiger partial charge in [-0.05, 0) is 47.2 Å². The molecule has 0 spiro atoms. The molecule has 0 radical (unpaired) electrons. The van der Waals surface area contributed by atoms with Crippen molar-refractivity contribution in [3.05, 3.63) is 102 Å². The van der Waals surface area contributed by atoms with E-state index in [0.29, 0.717) is 22.4 Å². The van der Waals surface area contributed by atoms with Crippen molar-refractivity contribution >= 4 is 33.7 Å². The van der Waals surface area contributed by atoms with Crippen molar-refractivity contribution < 1.29 is 23.1 Å². The second-order valence-corrected chi connectivity index (χ2v) is 7.43. The average Bonchev–Trinajstić information content (AvgIpc) is 3.22. The fourth-order valence-corrected chi connectivity index (χ4v) is 3.89. The molecule has 0 saturated carbocycles. The fraction of sp³-hybridized carbons (Fsp3) is 0.0385. The molecule has 0 bridgehead atoms. The van der Waals surface area contributed by atoms with Crippen LogP contribution in [0, 0.1) is 11.6 Å². The fourth-order valence-electron chi connectivity index (χ4n) is 3.89. The van der Waals surface area contributed by atoms with Gasteiger partial charge in [-0.15, -0.1) is 0 Å². The highest BCUT2D eigenvalue weighted by Crippen LogP contribution is 2.32. The van der Waals surface area contributed by atoms with Gasteiger partial charge in [-0.3, -0.25) is 9.36 Å². The van der Waals surface area contributed by atoms with Crippen molar-refractivity contribution in [2.24, 2.45) is 0 Å². The maximum Gasteiger partial charge on any atom is 0.337 e. The third kappa shape index (κ3) is 3.43. The zero-order valence-corrected chi connectivity index (χ0v) is 17.4. The summed E-state index contributed by atoms with van der Waals surface area (Å²) >= 11 is 0. The lowest BCUT2D eigenvalue weighted by Gasteiger charge is -2.11. The van der Waals surface area contributed by atoms with Crippen LogP contribution in [0.3, 0.4) is 0 Å². The normalized spacial score (nSPS) is 11.1. The molecule has 0 fully saturated rings. The average molecular weight is 442 g/mol. The molecule has 0 aliphatic rings. The van der Waals surface area contributed by atoms with Crippen molar-refractivity contribution in [1.29, 1.82) is 0 Å². The Morgan fingerprint density at radius 3 is 2.39 bits per heavy atom. The molecule has 7 heteroatoms. The van der Waals surface area contributed by atoms with Gasteiger partial charge in [0, 0.05) is 11.1 Å². The van der Waals surface area contributed by atoms with Crippen LogP contribution >= 0.6 is 0 Å². The SMILES string of the molecule is COC(=O)c1ccc2nc(-c3cccc4ccccc34)n(C(=O)c3ccc(F)c(F)c3)c2c1. The third-order valence-corrected chi connectivity index (χ3v) is 5.48. The second-order valence-electron chi connectivity index (χ2n) is 7.43. The summed E-state index contributed by atoms with van der Waals surface area (Å²) < 4.78 is 33.5. The van der Waals surface area contributed by atoms with Crippen LogP contribution in [0.25, 0.3) is 33.2 Å². The van der Waals surface area contributed by atoms with Crippen molar-refractivity contribution in [3.63, 3.8) is 0 Å². The van der Waals surface area contributed by atoms with Gasteiger partial charge in [0.05, 0.1) is 23.7 Å². The van der Waals surface area contributed by atoms with Crippen molar-refractivity contribution in [1.82, 2.24) is 9.55 Å². The number of hydrogen-bond donors (Lipinski definition) is 0. The molecule has 162 valence electrons. The van der Waals surface area contributed by atoms with Crippen LogP contribution in [0.1, 0.15) is 20.7 Å². The number of nitrogens with zero attached hydrogens (tertiary/aromatic N) is 2. The summed E-state index contributed by atoms with van der Waals surface area (Å²) in [6, 6.07) is 20.9. The van der Waals surface area contributed by atoms with Crippen molar-refractivity contribution in [3.8, 4) is 11.4 Å². The first kappa shape index (κ1) is 20.5. The predicted octanol–water partition coefficient (Wildman–Crippen LogP) is 5.61. The Balaban J connectivity index is 1.83. The van der Waals surface area contributed by atoms with E-state index in [1.807, 2.05) is 42.5 Å². The quantitative estimate of drug-likeness (QED) is 0.341. The lowest BCUT2D eigenvalue weighted by Crippen LogP contribution is -2.14. The number of halogens is 2. The first-order valence-corrected chi connectivity index (χ1v) is 10.1. The number of methoxy groups -OCH3 is 1. The zero-order valence-electron chi connectivity index (χ0n) is 17.4. The number of carbonyl (C=O) groups is 2. The molecule has 0 amide bonds. The van der Waals surface area contributed by atoms with E-state index in [-0.39, 0.29) is 11.1 Å². The summed E-state index contributed by atoms with van der Waals surface area (Å²) in [6.45, 7) is 0. The summed E-state index contributed by atoms with van der Waals surface area (Å²) in [5.41, 5.74) is 1.66. The van der Waals surface area contributed by atoms with E-state index in [1.165, 1.54) is 23.8 Å². The molecule has 0 unspecified atom stereocenters. The van der Waals surface area contributed by atoms with Gasteiger partial charge < -0.3 is 4.74 Å². The van der Waals surface area contributed by atoms with Gasteiger partial charge in [0.25, 0.3) is 5.91 Å². The highest BCUT2D eigenvalue weighted by molar-refractivity contribution is 6.07. The Labute approximate surface area is 186 Å². The van der Waals surface area contributed by atoms with Crippen LogP contribution in [-0.4, -0.2) is 28.5 Å². The monoisotopic (exact) mass is 442 g/mol. The minimum atomic E-state index is -1.13. The summed E-state index contributed by atoms with van der Waals surface area (Å²) in [7, 11) is 1.26. The number of benzene rings is 4. The number of carbonyl (C=O) groups excluding carboxylic acids is 2. The van der Waals surface area contributed by atoms with Gasteiger partial charge in [0.2, 0.25) is 0 Å². The molecule has 0 saturated heterocycles. The number of hydrogen-bond acceptors (Lipinski definition) is 4. The highest BCUT2D eigenvalue weighted by atomic mass is 19.2. The summed E-state index contributed by atoms with van der Waals surface area (Å²) in [6.07, 6.45) is 0. The molecule has 33 heavy (non-hydrogen) atoms. The van der Waals surface area contributed by atoms with Crippen molar-refractivity contribution in [2.45, 2.75) is 0 Å². The van der Waals surface area contributed by atoms with E-state index in [9.17, 15) is 18.4 Å². The second kappa shape index (κ2) is 7.94. The predicted molar refractivity (Wildman–Crippen MR) is 120 cm³/mol. The van der Waals surface area contributed by atoms with E-state index in [0.717, 1.165) is 22.9 Å². The summed E-state index contributed by atoms with van der Waals surface area (Å²) in [4.78, 5) is 30.4. The van der Waals surface area contributed by atoms with E-state index >= 15 is 0 Å². The van der Waals surface area contributed by atoms with Gasteiger partial charge in [0.15, 0.2) is 11.6 Å². The van der Waals surface area contributed by atoms with Gasteiger partial charge in [0.1, 0.15) is 5.82 Å². The van der Waals surface area contributed by atoms with E-state index in [1.54, 1.807) is 12.1 Å². The van der Waals surface area contributed by atoms with Crippen LogP contribution in [0.2, 0.25) is 0 Å². The lowest BCUT2D eigenvalue weighted by atomic mass is 10.0. The molecular weight excluding hydrogens is 426 g/mol. The molecule has 5 aromatic rings. The first-order valence-electron chi connectivity index (χ1n) is 10.1. The topological polar surface area (TPSA) is 61.2 Å². The number of ether oxygens (including phenoxy) is 1. The Hall–Kier alpha value is -4.39. The Morgan fingerprint density at radius 2 is 1.61 bits per heavy atom. The molecule has 0 aliphatic heterocycles. The van der Waals surface area contributed by atoms with E-state index in [2.05, 4.69) is 4.98 Å². The minimum absolute atomic E-state index is 0.0573. The van der Waals surface area contributed by atoms with Crippen LogP contribution in [-0.2, 0) is 4.74 Å². The minimum Gasteiger partial charge on any atom is -0.465 e. The molecule has 5 nitrogen and oxygen atoms in total. The molecule has 0 aliphatic carbocycles. The molecule has 5 rings (SSSR count). The highest BCUT2D eigenvalue weighted by Gasteiger charge is 2.23. The van der Waals surface area contributed by atoms with Crippen LogP contribution in [0.4, 0.5) is 8.78 Å². The van der Waals surface area contributed by atoms with Gasteiger partial charge in [-0.25, -0.2) is 18.6 Å². The number of esters is 1. The van der Waals surface area contributed by atoms with Crippen LogP contribution < -0.4 is 0 Å². The molecule has 1 aromatic heterocycles. The number of rotatable bonds is 3. The Bertz CT molecular complexity index is 1570. The van der Waals surface area contributed by atoms with E-state index < -0.39 is 23.5 Å². The number of aromatic nitrogens is 2. The molecule has 0 N–H and O–H groups in total. The smallest absolute Gasteiger partial charge is 0.337 e. The Kier molecular flexibility index (Phi) is 4.94. The van der Waals surface area contributed by atoms with Gasteiger partial charge >= 0.3 is 5.97 Å². The first-order chi connectivity index (χ1) is 16.0. The number of imidazole rings is 1. The standard InChI is InChI=1S/C26H16F2N2O3/c1-33-26(32)17-10-12-22-23(14-17)30(25(31)16-9-11-20(27)21(28)13-16)24(29-22)19-8-4-6-15-5-2-3-7-18(15)19/h2-14H,1H3. The molecule has 1 heterocycles. The summed E-state index contributed by atoms with van der Waals surface area (Å²) in [5, 5.41) is 1.81. The summed E-state index contributed by atoms with van der Waals surface area (Å²) in [5.74, 6) is -3.05. The molecule has 0 atom stereocenters. The van der Waals surface area contributed by atoms with Crippen molar-refractivity contribution in [2.75, 3.05) is 7.11 Å². The maximum atomic E-state index is 13.9. The van der Waals surface area contributed by atoms with E-state index in [4.69, 9.17) is 4.74 Å². The molecule has 4 aromatic carbocycles.